The summed E-state index contributed by atoms with van der Waals surface area (Å²) >= 11 is 0. The smallest absolute Gasteiger partial charge is 0.262 e. The van der Waals surface area contributed by atoms with E-state index < -0.39 is 20.0 Å². The molecule has 3 rings (SSSR count). The van der Waals surface area contributed by atoms with Crippen LogP contribution in [0.4, 0.5) is 11.4 Å². The summed E-state index contributed by atoms with van der Waals surface area (Å²) < 4.78 is 61.3. The van der Waals surface area contributed by atoms with Gasteiger partial charge in [0.1, 0.15) is 5.75 Å². The standard InChI is InChI=1S/C21H22N2O5S2/c1-15-8-11-17(12-9-15)29(24,25)23-20-14-18(13-10-16(20)2)30(26,27)22-19-6-4-5-7-21(19)28-3/h4-14,22-23H,1-3H3. The van der Waals surface area contributed by atoms with Gasteiger partial charge in [0.2, 0.25) is 0 Å². The summed E-state index contributed by atoms with van der Waals surface area (Å²) in [4.78, 5) is 0.00789. The van der Waals surface area contributed by atoms with Gasteiger partial charge in [0.15, 0.2) is 0 Å². The van der Waals surface area contributed by atoms with E-state index in [1.165, 1.54) is 31.4 Å². The largest absolute Gasteiger partial charge is 0.495 e. The minimum atomic E-state index is -3.98. The summed E-state index contributed by atoms with van der Waals surface area (Å²) in [6.07, 6.45) is 0. The first-order valence-electron chi connectivity index (χ1n) is 8.98. The molecule has 9 heteroatoms. The normalized spacial score (nSPS) is 11.7. The first-order chi connectivity index (χ1) is 14.1. The topological polar surface area (TPSA) is 102 Å². The van der Waals surface area contributed by atoms with Crippen molar-refractivity contribution in [1.82, 2.24) is 0 Å². The first kappa shape index (κ1) is 21.7. The molecule has 0 fully saturated rings. The van der Waals surface area contributed by atoms with Crippen LogP contribution in [0.5, 0.6) is 5.75 Å². The maximum Gasteiger partial charge on any atom is 0.262 e. The molecule has 3 aromatic carbocycles. The van der Waals surface area contributed by atoms with Gasteiger partial charge in [0.25, 0.3) is 20.0 Å². The monoisotopic (exact) mass is 446 g/mol. The molecule has 0 radical (unpaired) electrons. The van der Waals surface area contributed by atoms with Gasteiger partial charge in [-0.15, -0.1) is 0 Å². The number of sulfonamides is 2. The lowest BCUT2D eigenvalue weighted by Crippen LogP contribution is -2.16. The number of hydrogen-bond acceptors (Lipinski definition) is 5. The maximum atomic E-state index is 12.9. The number of hydrogen-bond donors (Lipinski definition) is 2. The molecule has 30 heavy (non-hydrogen) atoms. The highest BCUT2D eigenvalue weighted by atomic mass is 32.2. The van der Waals surface area contributed by atoms with Gasteiger partial charge in [-0.3, -0.25) is 9.44 Å². The van der Waals surface area contributed by atoms with Gasteiger partial charge in [-0.25, -0.2) is 16.8 Å². The number of para-hydroxylation sites is 2. The SMILES string of the molecule is COc1ccccc1NS(=O)(=O)c1ccc(C)c(NS(=O)(=O)c2ccc(C)cc2)c1. The molecule has 0 heterocycles. The average Bonchev–Trinajstić information content (AvgIpc) is 2.70. The Morgan fingerprint density at radius 1 is 0.700 bits per heavy atom. The molecule has 0 spiro atoms. The van der Waals surface area contributed by atoms with E-state index in [1.54, 1.807) is 49.4 Å². The summed E-state index contributed by atoms with van der Waals surface area (Å²) in [6, 6.07) is 17.2. The zero-order chi connectivity index (χ0) is 21.9. The Bertz CT molecular complexity index is 1270. The Hall–Kier alpha value is -3.04. The van der Waals surface area contributed by atoms with E-state index in [-0.39, 0.29) is 21.2 Å². The number of methoxy groups -OCH3 is 1. The predicted octanol–water partition coefficient (Wildman–Crippen LogP) is 3.91. The quantitative estimate of drug-likeness (QED) is 0.573. The highest BCUT2D eigenvalue weighted by molar-refractivity contribution is 7.93. The van der Waals surface area contributed by atoms with Crippen LogP contribution in [0.15, 0.2) is 76.5 Å². The van der Waals surface area contributed by atoms with E-state index >= 15 is 0 Å². The zero-order valence-electron chi connectivity index (χ0n) is 16.7. The molecule has 0 saturated carbocycles. The Labute approximate surface area is 176 Å². The lowest BCUT2D eigenvalue weighted by molar-refractivity contribution is 0.417. The molecular formula is C21H22N2O5S2. The molecule has 7 nitrogen and oxygen atoms in total. The summed E-state index contributed by atoms with van der Waals surface area (Å²) in [5, 5.41) is 0. The molecule has 2 N–H and O–H groups in total. The maximum absolute atomic E-state index is 12.9. The van der Waals surface area contributed by atoms with Crippen LogP contribution in [0.2, 0.25) is 0 Å². The Balaban J connectivity index is 1.93. The van der Waals surface area contributed by atoms with Crippen LogP contribution in [0.1, 0.15) is 11.1 Å². The molecular weight excluding hydrogens is 424 g/mol. The van der Waals surface area contributed by atoms with Gasteiger partial charge in [-0.2, -0.15) is 0 Å². The van der Waals surface area contributed by atoms with Crippen LogP contribution in [0, 0.1) is 13.8 Å². The molecule has 0 aliphatic rings. The summed E-state index contributed by atoms with van der Waals surface area (Å²) in [5.74, 6) is 0.369. The second-order valence-electron chi connectivity index (χ2n) is 6.70. The van der Waals surface area contributed by atoms with Gasteiger partial charge in [-0.05, 0) is 55.8 Å². The van der Waals surface area contributed by atoms with Gasteiger partial charge < -0.3 is 4.74 Å². The molecule has 158 valence electrons. The van der Waals surface area contributed by atoms with Crippen molar-refractivity contribution in [3.05, 3.63) is 77.9 Å². The molecule has 0 aliphatic carbocycles. The van der Waals surface area contributed by atoms with Crippen molar-refractivity contribution < 1.29 is 21.6 Å². The van der Waals surface area contributed by atoms with E-state index in [0.29, 0.717) is 11.3 Å². The average molecular weight is 447 g/mol. The van der Waals surface area contributed by atoms with Gasteiger partial charge in [0, 0.05) is 0 Å². The van der Waals surface area contributed by atoms with Crippen molar-refractivity contribution >= 4 is 31.4 Å². The highest BCUT2D eigenvalue weighted by Gasteiger charge is 2.20. The fourth-order valence-corrected chi connectivity index (χ4v) is 4.95. The third-order valence-electron chi connectivity index (χ3n) is 4.45. The van der Waals surface area contributed by atoms with Crippen LogP contribution in [-0.2, 0) is 20.0 Å². The minimum Gasteiger partial charge on any atom is -0.495 e. The number of rotatable bonds is 7. The van der Waals surface area contributed by atoms with Gasteiger partial charge in [-0.1, -0.05) is 35.9 Å². The second-order valence-corrected chi connectivity index (χ2v) is 10.1. The zero-order valence-corrected chi connectivity index (χ0v) is 18.3. The van der Waals surface area contributed by atoms with E-state index in [0.717, 1.165) is 5.56 Å². The van der Waals surface area contributed by atoms with Crippen molar-refractivity contribution in [3.63, 3.8) is 0 Å². The van der Waals surface area contributed by atoms with Crippen molar-refractivity contribution in [2.24, 2.45) is 0 Å². The molecule has 0 bridgehead atoms. The molecule has 0 amide bonds. The molecule has 0 aromatic heterocycles. The Morgan fingerprint density at radius 2 is 1.27 bits per heavy atom. The molecule has 0 saturated heterocycles. The fraction of sp³-hybridized carbons (Fsp3) is 0.143. The molecule has 0 aliphatic heterocycles. The van der Waals surface area contributed by atoms with Crippen LogP contribution < -0.4 is 14.2 Å². The molecule has 0 atom stereocenters. The fourth-order valence-electron chi connectivity index (χ4n) is 2.73. The number of aryl methyl sites for hydroxylation is 2. The third-order valence-corrected chi connectivity index (χ3v) is 7.19. The van der Waals surface area contributed by atoms with Crippen molar-refractivity contribution in [2.75, 3.05) is 16.6 Å². The van der Waals surface area contributed by atoms with Gasteiger partial charge in [0.05, 0.1) is 28.3 Å². The number of nitrogens with one attached hydrogen (secondary N) is 2. The van der Waals surface area contributed by atoms with Crippen LogP contribution in [-0.4, -0.2) is 23.9 Å². The number of benzene rings is 3. The number of ether oxygens (including phenoxy) is 1. The molecule has 3 aromatic rings. The number of anilines is 2. The van der Waals surface area contributed by atoms with Crippen molar-refractivity contribution in [3.8, 4) is 5.75 Å². The van der Waals surface area contributed by atoms with Crippen LogP contribution in [0.25, 0.3) is 0 Å². The van der Waals surface area contributed by atoms with Crippen LogP contribution in [0.3, 0.4) is 0 Å². The summed E-state index contributed by atoms with van der Waals surface area (Å²) in [6.45, 7) is 3.55. The predicted molar refractivity (Wildman–Crippen MR) is 117 cm³/mol. The van der Waals surface area contributed by atoms with E-state index in [1.807, 2.05) is 6.92 Å². The van der Waals surface area contributed by atoms with E-state index in [2.05, 4.69) is 9.44 Å². The summed E-state index contributed by atoms with van der Waals surface area (Å²) in [5.41, 5.74) is 1.98. The molecule has 0 unspecified atom stereocenters. The van der Waals surface area contributed by atoms with Crippen molar-refractivity contribution in [2.45, 2.75) is 23.6 Å². The Morgan fingerprint density at radius 3 is 1.93 bits per heavy atom. The minimum absolute atomic E-state index is 0.0828. The van der Waals surface area contributed by atoms with Gasteiger partial charge >= 0.3 is 0 Å². The van der Waals surface area contributed by atoms with Crippen molar-refractivity contribution in [1.29, 1.82) is 0 Å². The lowest BCUT2D eigenvalue weighted by atomic mass is 10.2. The second kappa shape index (κ2) is 8.37. The van der Waals surface area contributed by atoms with E-state index in [4.69, 9.17) is 4.74 Å². The summed E-state index contributed by atoms with van der Waals surface area (Å²) in [7, 11) is -6.40. The first-order valence-corrected chi connectivity index (χ1v) is 11.9. The lowest BCUT2D eigenvalue weighted by Gasteiger charge is -2.14. The third kappa shape index (κ3) is 4.74. The highest BCUT2D eigenvalue weighted by Crippen LogP contribution is 2.28. The van der Waals surface area contributed by atoms with E-state index in [9.17, 15) is 16.8 Å². The Kier molecular flexibility index (Phi) is 6.04. The van der Waals surface area contributed by atoms with Crippen LogP contribution >= 0.6 is 0 Å².